The molecule has 2 aromatic carbocycles. The van der Waals surface area contributed by atoms with Gasteiger partial charge in [-0.3, -0.25) is 0 Å². The maximum Gasteiger partial charge on any atom is 0.128 e. The predicted molar refractivity (Wildman–Crippen MR) is 145 cm³/mol. The second kappa shape index (κ2) is 21.3. The smallest absolute Gasteiger partial charge is 0.128 e. The van der Waals surface area contributed by atoms with Gasteiger partial charge < -0.3 is 19.9 Å². The van der Waals surface area contributed by atoms with E-state index in [9.17, 15) is 0 Å². The van der Waals surface area contributed by atoms with E-state index in [1.165, 1.54) is 70.2 Å². The third-order valence-corrected chi connectivity index (χ3v) is 5.34. The van der Waals surface area contributed by atoms with Gasteiger partial charge in [0, 0.05) is 11.1 Å². The third kappa shape index (κ3) is 14.6. The lowest BCUT2D eigenvalue weighted by molar-refractivity contribution is 0.302. The van der Waals surface area contributed by atoms with Gasteiger partial charge in [0.05, 0.1) is 19.0 Å². The molecule has 6 heteroatoms. The fourth-order valence-electron chi connectivity index (χ4n) is 3.48. The largest absolute Gasteiger partial charge is 0.493 e. The molecule has 0 fully saturated rings. The van der Waals surface area contributed by atoms with E-state index in [1.54, 1.807) is 18.2 Å². The summed E-state index contributed by atoms with van der Waals surface area (Å²) >= 11 is 0. The van der Waals surface area contributed by atoms with Crippen molar-refractivity contribution < 1.29 is 19.9 Å². The van der Waals surface area contributed by atoms with E-state index in [4.69, 9.17) is 19.9 Å². The topological polar surface area (TPSA) is 83.6 Å². The number of para-hydroxylation sites is 2. The SMILES string of the molecule is C=CCOc1ccccc1C=NO.CCCCCCCCCCCCOc1ccccc1C=NO. The summed E-state index contributed by atoms with van der Waals surface area (Å²) in [5.41, 5.74) is 1.56. The number of ether oxygens (including phenoxy) is 2. The zero-order valence-corrected chi connectivity index (χ0v) is 21.1. The lowest BCUT2D eigenvalue weighted by Gasteiger charge is -2.08. The Kier molecular flexibility index (Phi) is 18.1. The second-order valence-electron chi connectivity index (χ2n) is 8.19. The first-order valence-corrected chi connectivity index (χ1v) is 12.7. The summed E-state index contributed by atoms with van der Waals surface area (Å²) < 4.78 is 11.1. The molecule has 0 radical (unpaired) electrons. The third-order valence-electron chi connectivity index (χ3n) is 5.34. The van der Waals surface area contributed by atoms with Crippen molar-refractivity contribution in [3.63, 3.8) is 0 Å². The molecule has 2 rings (SSSR count). The molecular formula is C29H42N2O4. The van der Waals surface area contributed by atoms with Crippen LogP contribution in [0.4, 0.5) is 0 Å². The van der Waals surface area contributed by atoms with Gasteiger partial charge in [0.1, 0.15) is 18.1 Å². The highest BCUT2D eigenvalue weighted by Gasteiger charge is 2.01. The van der Waals surface area contributed by atoms with Gasteiger partial charge >= 0.3 is 0 Å². The number of unbranched alkanes of at least 4 members (excludes halogenated alkanes) is 9. The fraction of sp³-hybridized carbons (Fsp3) is 0.448. The molecule has 6 nitrogen and oxygen atoms in total. The molecule has 0 amide bonds. The molecule has 0 aliphatic rings. The molecule has 2 N–H and O–H groups in total. The van der Waals surface area contributed by atoms with Crippen molar-refractivity contribution in [3.8, 4) is 11.5 Å². The molecule has 0 unspecified atom stereocenters. The number of rotatable bonds is 17. The Bertz CT molecular complexity index is 852. The number of hydrogen-bond donors (Lipinski definition) is 2. The Balaban J connectivity index is 0.000000400. The molecule has 0 saturated carbocycles. The van der Waals surface area contributed by atoms with Gasteiger partial charge in [0.25, 0.3) is 0 Å². The summed E-state index contributed by atoms with van der Waals surface area (Å²) in [5.74, 6) is 1.47. The summed E-state index contributed by atoms with van der Waals surface area (Å²) in [6, 6.07) is 14.9. The molecule has 192 valence electrons. The van der Waals surface area contributed by atoms with Crippen LogP contribution in [0.25, 0.3) is 0 Å². The minimum atomic E-state index is 0.441. The number of oxime groups is 2. The molecule has 2 aromatic rings. The van der Waals surface area contributed by atoms with E-state index in [0.717, 1.165) is 29.9 Å². The summed E-state index contributed by atoms with van der Waals surface area (Å²) in [7, 11) is 0. The van der Waals surface area contributed by atoms with Gasteiger partial charge in [-0.25, -0.2) is 0 Å². The highest BCUT2D eigenvalue weighted by atomic mass is 16.5. The van der Waals surface area contributed by atoms with Crippen molar-refractivity contribution in [3.05, 3.63) is 72.3 Å². The molecule has 0 aliphatic heterocycles. The summed E-state index contributed by atoms with van der Waals surface area (Å²) in [6.07, 6.45) is 17.7. The predicted octanol–water partition coefficient (Wildman–Crippen LogP) is 7.85. The number of nitrogens with zero attached hydrogens (tertiary/aromatic N) is 2. The quantitative estimate of drug-likeness (QED) is 0.0790. The Labute approximate surface area is 211 Å². The molecule has 0 atom stereocenters. The van der Waals surface area contributed by atoms with Gasteiger partial charge in [-0.1, -0.05) is 112 Å². The van der Waals surface area contributed by atoms with Crippen LogP contribution in [0.5, 0.6) is 11.5 Å². The first-order chi connectivity index (χ1) is 17.3. The molecular weight excluding hydrogens is 440 g/mol. The summed E-state index contributed by atoms with van der Waals surface area (Å²) in [6.45, 7) is 6.97. The van der Waals surface area contributed by atoms with Crippen molar-refractivity contribution >= 4 is 12.4 Å². The van der Waals surface area contributed by atoms with Crippen LogP contribution >= 0.6 is 0 Å². The number of hydrogen-bond acceptors (Lipinski definition) is 6. The standard InChI is InChI=1S/C19H31NO2.C10H11NO2/c1-2-3-4-5-6-7-8-9-10-13-16-22-19-15-12-11-14-18(19)17-20-21;1-2-7-13-10-6-4-3-5-9(10)8-11-12/h11-12,14-15,17,21H,2-10,13,16H2,1H3;2-6,8,12H,1,7H2. The van der Waals surface area contributed by atoms with Crippen LogP contribution in [-0.4, -0.2) is 36.1 Å². The highest BCUT2D eigenvalue weighted by molar-refractivity contribution is 5.83. The number of benzene rings is 2. The van der Waals surface area contributed by atoms with E-state index in [2.05, 4.69) is 23.8 Å². The van der Waals surface area contributed by atoms with Crippen molar-refractivity contribution in [1.82, 2.24) is 0 Å². The van der Waals surface area contributed by atoms with Gasteiger partial charge in [0.2, 0.25) is 0 Å². The highest BCUT2D eigenvalue weighted by Crippen LogP contribution is 2.17. The minimum Gasteiger partial charge on any atom is -0.493 e. The maximum absolute atomic E-state index is 8.62. The minimum absolute atomic E-state index is 0.441. The molecule has 35 heavy (non-hydrogen) atoms. The van der Waals surface area contributed by atoms with Crippen molar-refractivity contribution in [2.45, 2.75) is 71.1 Å². The van der Waals surface area contributed by atoms with Crippen LogP contribution in [0.15, 0.2) is 71.5 Å². The van der Waals surface area contributed by atoms with Crippen molar-refractivity contribution in [1.29, 1.82) is 0 Å². The average Bonchev–Trinajstić information content (AvgIpc) is 2.88. The van der Waals surface area contributed by atoms with Crippen LogP contribution in [0.1, 0.15) is 82.3 Å². The van der Waals surface area contributed by atoms with Gasteiger partial charge in [-0.05, 0) is 30.7 Å². The summed E-state index contributed by atoms with van der Waals surface area (Å²) in [4.78, 5) is 0. The summed E-state index contributed by atoms with van der Waals surface area (Å²) in [5, 5.41) is 23.0. The lowest BCUT2D eigenvalue weighted by Crippen LogP contribution is -2.00. The van der Waals surface area contributed by atoms with Crippen molar-refractivity contribution in [2.75, 3.05) is 13.2 Å². The van der Waals surface area contributed by atoms with Crippen LogP contribution in [-0.2, 0) is 0 Å². The fourth-order valence-corrected chi connectivity index (χ4v) is 3.48. The Morgan fingerprint density at radius 3 is 1.63 bits per heavy atom. The van der Waals surface area contributed by atoms with Gasteiger partial charge in [0.15, 0.2) is 0 Å². The van der Waals surface area contributed by atoms with E-state index in [-0.39, 0.29) is 0 Å². The Morgan fingerprint density at radius 2 is 1.14 bits per heavy atom. The van der Waals surface area contributed by atoms with E-state index >= 15 is 0 Å². The first-order valence-electron chi connectivity index (χ1n) is 12.7. The van der Waals surface area contributed by atoms with Crippen LogP contribution in [0.2, 0.25) is 0 Å². The monoisotopic (exact) mass is 482 g/mol. The first kappa shape index (κ1) is 29.8. The van der Waals surface area contributed by atoms with E-state index in [0.29, 0.717) is 12.4 Å². The van der Waals surface area contributed by atoms with E-state index < -0.39 is 0 Å². The van der Waals surface area contributed by atoms with Crippen LogP contribution in [0, 0.1) is 0 Å². The average molecular weight is 483 g/mol. The van der Waals surface area contributed by atoms with Crippen LogP contribution < -0.4 is 9.47 Å². The normalized spacial score (nSPS) is 10.8. The van der Waals surface area contributed by atoms with Crippen LogP contribution in [0.3, 0.4) is 0 Å². The lowest BCUT2D eigenvalue weighted by atomic mass is 10.1. The Hall–Kier alpha value is -3.28. The zero-order chi connectivity index (χ0) is 25.4. The van der Waals surface area contributed by atoms with Gasteiger partial charge in [-0.15, -0.1) is 0 Å². The molecule has 0 saturated heterocycles. The molecule has 0 aromatic heterocycles. The second-order valence-corrected chi connectivity index (χ2v) is 8.19. The molecule has 0 heterocycles. The molecule has 0 aliphatic carbocycles. The Morgan fingerprint density at radius 1 is 0.686 bits per heavy atom. The van der Waals surface area contributed by atoms with Crippen molar-refractivity contribution in [2.24, 2.45) is 10.3 Å². The molecule has 0 spiro atoms. The molecule has 0 bridgehead atoms. The van der Waals surface area contributed by atoms with Gasteiger partial charge in [-0.2, -0.15) is 0 Å². The maximum atomic E-state index is 8.62. The van der Waals surface area contributed by atoms with E-state index in [1.807, 2.05) is 36.4 Å². The zero-order valence-electron chi connectivity index (χ0n) is 21.1.